The van der Waals surface area contributed by atoms with Gasteiger partial charge < -0.3 is 19.7 Å². The van der Waals surface area contributed by atoms with Crippen LogP contribution in [0.15, 0.2) is 42.9 Å². The Morgan fingerprint density at radius 1 is 1.24 bits per heavy atom. The van der Waals surface area contributed by atoms with Crippen LogP contribution in [-0.2, 0) is 9.47 Å². The molecule has 1 aromatic carbocycles. The summed E-state index contributed by atoms with van der Waals surface area (Å²) in [4.78, 5) is 27.8. The second kappa shape index (κ2) is 10.3. The van der Waals surface area contributed by atoms with Crippen LogP contribution in [-0.4, -0.2) is 52.8 Å². The predicted octanol–water partition coefficient (Wildman–Crippen LogP) is 4.87. The summed E-state index contributed by atoms with van der Waals surface area (Å²) in [6.07, 6.45) is 4.80. The van der Waals surface area contributed by atoms with Crippen molar-refractivity contribution in [1.82, 2.24) is 15.0 Å². The van der Waals surface area contributed by atoms with Gasteiger partial charge in [-0.2, -0.15) is 4.98 Å². The summed E-state index contributed by atoms with van der Waals surface area (Å²) in [5, 5.41) is 3.08. The number of morpholine rings is 1. The van der Waals surface area contributed by atoms with Gasteiger partial charge >= 0.3 is 5.97 Å². The van der Waals surface area contributed by atoms with Crippen LogP contribution < -0.4 is 10.2 Å². The van der Waals surface area contributed by atoms with E-state index in [9.17, 15) is 9.18 Å². The molecule has 1 saturated heterocycles. The molecule has 0 amide bonds. The summed E-state index contributed by atoms with van der Waals surface area (Å²) in [6.45, 7) is 7.29. The number of hydrogen-bond acceptors (Lipinski definition) is 8. The van der Waals surface area contributed by atoms with Gasteiger partial charge in [0.05, 0.1) is 29.4 Å². The zero-order valence-corrected chi connectivity index (χ0v) is 19.8. The molecule has 1 fully saturated rings. The number of carbonyl (C=O) groups excluding carboxylic acids is 1. The van der Waals surface area contributed by atoms with Crippen molar-refractivity contribution in [1.29, 1.82) is 0 Å². The van der Waals surface area contributed by atoms with Crippen molar-refractivity contribution in [2.75, 3.05) is 29.9 Å². The van der Waals surface area contributed by atoms with E-state index in [1.54, 1.807) is 31.5 Å². The normalized spacial score (nSPS) is 18.0. The molecular formula is C24H25ClFN5O3. The van der Waals surface area contributed by atoms with Crippen LogP contribution in [0.4, 0.5) is 21.8 Å². The minimum Gasteiger partial charge on any atom is -0.462 e. The lowest BCUT2D eigenvalue weighted by Crippen LogP contribution is -2.46. The molecule has 1 aliphatic rings. The van der Waals surface area contributed by atoms with E-state index in [4.69, 9.17) is 26.1 Å². The van der Waals surface area contributed by atoms with Gasteiger partial charge in [0.25, 0.3) is 0 Å². The molecule has 0 radical (unpaired) electrons. The number of nitrogens with one attached hydrogen (secondary N) is 1. The van der Waals surface area contributed by atoms with Crippen LogP contribution in [0.25, 0.3) is 11.1 Å². The van der Waals surface area contributed by atoms with Crippen LogP contribution in [0.2, 0.25) is 5.02 Å². The molecule has 2 unspecified atom stereocenters. The number of nitrogens with zero attached hydrogens (tertiary/aromatic N) is 4. The molecule has 2 atom stereocenters. The van der Waals surface area contributed by atoms with Crippen LogP contribution in [0.5, 0.6) is 0 Å². The molecule has 3 heterocycles. The van der Waals surface area contributed by atoms with Crippen molar-refractivity contribution in [3.8, 4) is 11.1 Å². The van der Waals surface area contributed by atoms with Crippen molar-refractivity contribution in [3.63, 3.8) is 0 Å². The predicted molar refractivity (Wildman–Crippen MR) is 128 cm³/mol. The molecule has 0 bridgehead atoms. The standard InChI is InChI=1S/C24H25ClFN5O3/c1-4-33-23(32)17-7-16(9-27-10-17)19-11-28-24(29-18-5-6-21(26)20(25)8-18)30-22(19)31-12-14(2)34-15(3)13-31/h5-11,14-15H,4,12-13H2,1-3H3,(H,28,29,30). The second-order valence-corrected chi connectivity index (χ2v) is 8.44. The van der Waals surface area contributed by atoms with E-state index in [0.29, 0.717) is 47.2 Å². The minimum atomic E-state index is -0.505. The maximum absolute atomic E-state index is 13.5. The number of aromatic nitrogens is 3. The zero-order valence-electron chi connectivity index (χ0n) is 19.1. The van der Waals surface area contributed by atoms with Gasteiger partial charge in [-0.3, -0.25) is 4.98 Å². The highest BCUT2D eigenvalue weighted by molar-refractivity contribution is 6.31. The summed E-state index contributed by atoms with van der Waals surface area (Å²) < 4.78 is 24.5. The third kappa shape index (κ3) is 5.43. The molecular weight excluding hydrogens is 461 g/mol. The maximum Gasteiger partial charge on any atom is 0.339 e. The van der Waals surface area contributed by atoms with Gasteiger partial charge in [0.1, 0.15) is 11.6 Å². The summed E-state index contributed by atoms with van der Waals surface area (Å²) >= 11 is 5.91. The van der Waals surface area contributed by atoms with Gasteiger partial charge in [-0.1, -0.05) is 11.6 Å². The average molecular weight is 486 g/mol. The Bertz CT molecular complexity index is 1190. The smallest absolute Gasteiger partial charge is 0.339 e. The fourth-order valence-electron chi connectivity index (χ4n) is 3.84. The molecule has 1 aliphatic heterocycles. The van der Waals surface area contributed by atoms with Crippen molar-refractivity contribution < 1.29 is 18.7 Å². The van der Waals surface area contributed by atoms with Crippen LogP contribution in [0.1, 0.15) is 31.1 Å². The van der Waals surface area contributed by atoms with Crippen molar-refractivity contribution >= 4 is 35.0 Å². The van der Waals surface area contributed by atoms with Crippen LogP contribution in [0.3, 0.4) is 0 Å². The Morgan fingerprint density at radius 3 is 2.71 bits per heavy atom. The maximum atomic E-state index is 13.5. The molecule has 4 rings (SSSR count). The first-order valence-electron chi connectivity index (χ1n) is 11.0. The highest BCUT2D eigenvalue weighted by Crippen LogP contribution is 2.32. The van der Waals surface area contributed by atoms with Gasteiger partial charge in [0.2, 0.25) is 5.95 Å². The number of ether oxygens (including phenoxy) is 2. The van der Waals surface area contributed by atoms with Gasteiger partial charge in [0, 0.05) is 48.5 Å². The highest BCUT2D eigenvalue weighted by atomic mass is 35.5. The van der Waals surface area contributed by atoms with Crippen LogP contribution in [0, 0.1) is 5.82 Å². The molecule has 2 aromatic heterocycles. The number of carbonyl (C=O) groups is 1. The number of esters is 1. The summed E-state index contributed by atoms with van der Waals surface area (Å²) in [5.41, 5.74) is 2.29. The summed E-state index contributed by atoms with van der Waals surface area (Å²) in [6, 6.07) is 6.02. The third-order valence-corrected chi connectivity index (χ3v) is 5.51. The summed E-state index contributed by atoms with van der Waals surface area (Å²) in [5.74, 6) is 0.0344. The number of pyridine rings is 1. The van der Waals surface area contributed by atoms with Crippen molar-refractivity contribution in [2.45, 2.75) is 33.0 Å². The van der Waals surface area contributed by atoms with Gasteiger partial charge in [-0.15, -0.1) is 0 Å². The molecule has 0 aliphatic carbocycles. The Hall–Kier alpha value is -3.30. The average Bonchev–Trinajstić information content (AvgIpc) is 2.81. The largest absolute Gasteiger partial charge is 0.462 e. The van der Waals surface area contributed by atoms with Crippen molar-refractivity contribution in [2.24, 2.45) is 0 Å². The number of halogens is 2. The van der Waals surface area contributed by atoms with E-state index in [2.05, 4.69) is 20.2 Å². The molecule has 3 aromatic rings. The molecule has 0 spiro atoms. The number of benzene rings is 1. The number of rotatable bonds is 6. The Kier molecular flexibility index (Phi) is 7.23. The number of hydrogen-bond donors (Lipinski definition) is 1. The third-order valence-electron chi connectivity index (χ3n) is 5.22. The van der Waals surface area contributed by atoms with Crippen LogP contribution >= 0.6 is 11.6 Å². The Morgan fingerprint density at radius 2 is 2.00 bits per heavy atom. The second-order valence-electron chi connectivity index (χ2n) is 8.03. The topological polar surface area (TPSA) is 89.5 Å². The number of anilines is 3. The van der Waals surface area contributed by atoms with E-state index < -0.39 is 11.8 Å². The lowest BCUT2D eigenvalue weighted by atomic mass is 10.1. The Labute approximate surface area is 202 Å². The van der Waals surface area contributed by atoms with E-state index in [0.717, 1.165) is 0 Å². The highest BCUT2D eigenvalue weighted by Gasteiger charge is 2.26. The monoisotopic (exact) mass is 485 g/mol. The Balaban J connectivity index is 1.74. The lowest BCUT2D eigenvalue weighted by molar-refractivity contribution is -0.00542. The molecule has 34 heavy (non-hydrogen) atoms. The molecule has 10 heteroatoms. The zero-order chi connectivity index (χ0) is 24.2. The van der Waals surface area contributed by atoms with Gasteiger partial charge in [-0.05, 0) is 45.0 Å². The quantitative estimate of drug-likeness (QED) is 0.495. The minimum absolute atomic E-state index is 0.000438. The van der Waals surface area contributed by atoms with Gasteiger partial charge in [0.15, 0.2) is 0 Å². The summed E-state index contributed by atoms with van der Waals surface area (Å²) in [7, 11) is 0. The van der Waals surface area contributed by atoms with E-state index >= 15 is 0 Å². The fraction of sp³-hybridized carbons (Fsp3) is 0.333. The first-order valence-corrected chi connectivity index (χ1v) is 11.3. The first-order chi connectivity index (χ1) is 16.3. The van der Waals surface area contributed by atoms with E-state index in [-0.39, 0.29) is 23.8 Å². The fourth-order valence-corrected chi connectivity index (χ4v) is 4.03. The van der Waals surface area contributed by atoms with Gasteiger partial charge in [-0.25, -0.2) is 14.2 Å². The molecule has 8 nitrogen and oxygen atoms in total. The van der Waals surface area contributed by atoms with Crippen molar-refractivity contribution in [3.05, 3.63) is 59.3 Å². The van der Waals surface area contributed by atoms with E-state index in [1.165, 1.54) is 18.3 Å². The first kappa shape index (κ1) is 23.8. The SMILES string of the molecule is CCOC(=O)c1cncc(-c2cnc(Nc3ccc(F)c(Cl)c3)nc2N2CC(C)OC(C)C2)c1. The lowest BCUT2D eigenvalue weighted by Gasteiger charge is -2.37. The van der Waals surface area contributed by atoms with E-state index in [1.807, 2.05) is 13.8 Å². The molecule has 1 N–H and O–H groups in total. The molecule has 178 valence electrons. The molecule has 0 saturated carbocycles.